The van der Waals surface area contributed by atoms with E-state index in [9.17, 15) is 41.0 Å². The van der Waals surface area contributed by atoms with Gasteiger partial charge in [-0.05, 0) is 48.2 Å². The Hall–Kier alpha value is -3.12. The van der Waals surface area contributed by atoms with Crippen molar-refractivity contribution in [2.24, 2.45) is 0 Å². The molecule has 2 amide bonds. The number of alkyl halides is 6. The van der Waals surface area contributed by atoms with E-state index in [1.807, 2.05) is 31.2 Å². The zero-order valence-corrected chi connectivity index (χ0v) is 21.9. The minimum atomic E-state index is -4.98. The van der Waals surface area contributed by atoms with Gasteiger partial charge in [-0.25, -0.2) is 0 Å². The molecule has 0 spiro atoms. The van der Waals surface area contributed by atoms with Gasteiger partial charge in [0.05, 0.1) is 29.9 Å². The third-order valence-electron chi connectivity index (χ3n) is 7.54. The normalized spacial score (nSPS) is 23.9. The van der Waals surface area contributed by atoms with Crippen LogP contribution in [-0.2, 0) is 33.3 Å². The highest BCUT2D eigenvalue weighted by atomic mass is 19.4. The molecule has 4 rings (SSSR count). The summed E-state index contributed by atoms with van der Waals surface area (Å²) < 4.78 is 86.2. The summed E-state index contributed by atoms with van der Waals surface area (Å²) in [6, 6.07) is 7.91. The molecule has 0 bridgehead atoms. The lowest BCUT2D eigenvalue weighted by molar-refractivity contribution is -0.146. The van der Waals surface area contributed by atoms with Gasteiger partial charge >= 0.3 is 12.4 Å². The van der Waals surface area contributed by atoms with Gasteiger partial charge in [-0.2, -0.15) is 26.3 Å². The van der Waals surface area contributed by atoms with Crippen LogP contribution in [0.15, 0.2) is 42.5 Å². The predicted octanol–water partition coefficient (Wildman–Crippen LogP) is 4.92. The molecule has 2 aromatic carbocycles. The first-order valence-corrected chi connectivity index (χ1v) is 12.8. The number of likely N-dealkylation sites (tertiary alicyclic amines) is 2. The Labute approximate surface area is 227 Å². The van der Waals surface area contributed by atoms with Crippen LogP contribution in [0.2, 0.25) is 0 Å². The summed E-state index contributed by atoms with van der Waals surface area (Å²) in [5.74, 6) is -1.03. The van der Waals surface area contributed by atoms with Gasteiger partial charge in [0.15, 0.2) is 0 Å². The molecule has 2 fully saturated rings. The van der Waals surface area contributed by atoms with E-state index in [4.69, 9.17) is 4.74 Å². The average molecular weight is 573 g/mol. The molecule has 2 aliphatic heterocycles. The molecule has 4 atom stereocenters. The Morgan fingerprint density at radius 3 is 2.20 bits per heavy atom. The number of piperidine rings is 1. The number of amides is 2. The zero-order chi connectivity index (χ0) is 29.4. The van der Waals surface area contributed by atoms with Crippen molar-refractivity contribution in [3.8, 4) is 0 Å². The van der Waals surface area contributed by atoms with Crippen molar-refractivity contribution < 1.29 is 45.8 Å². The number of benzene rings is 2. The summed E-state index contributed by atoms with van der Waals surface area (Å²) in [7, 11) is 0. The van der Waals surface area contributed by atoms with E-state index in [2.05, 4.69) is 0 Å². The zero-order valence-electron chi connectivity index (χ0n) is 21.9. The molecular formula is C28H30F6N2O4. The van der Waals surface area contributed by atoms with E-state index in [1.165, 1.54) is 16.7 Å². The maximum atomic E-state index is 13.4. The Balaban J connectivity index is 1.61. The molecule has 218 valence electrons. The molecule has 0 saturated carbocycles. The second kappa shape index (κ2) is 11.4. The number of aliphatic hydroxyl groups is 1. The molecule has 0 radical (unpaired) electrons. The molecule has 1 N–H and O–H groups in total. The van der Waals surface area contributed by atoms with E-state index >= 15 is 0 Å². The molecule has 2 heterocycles. The minimum absolute atomic E-state index is 0.0151. The summed E-state index contributed by atoms with van der Waals surface area (Å²) in [5, 5.41) is 10.1. The fraction of sp³-hybridized carbons (Fsp3) is 0.500. The molecular weight excluding hydrogens is 542 g/mol. The van der Waals surface area contributed by atoms with Gasteiger partial charge in [0.2, 0.25) is 11.8 Å². The number of aliphatic hydroxyl groups excluding tert-OH is 1. The third kappa shape index (κ3) is 6.60. The summed E-state index contributed by atoms with van der Waals surface area (Å²) in [6.45, 7) is 3.00. The standard InChI is InChI=1S/C28H30F6N2O4/c1-16-5-3-4-6-22(16)23-7-8-35(26(39)24-12-21(38)13-36(24)17(2)37)14-25(23)40-15-18-9-19(27(29,30)31)11-20(10-18)28(32,33)34/h3-6,9-11,21,23-25,38H,7-8,12-15H2,1-2H3/t21-,23+,24?,25+/m1/s1. The first-order valence-electron chi connectivity index (χ1n) is 12.8. The molecule has 12 heteroatoms. The minimum Gasteiger partial charge on any atom is -0.391 e. The van der Waals surface area contributed by atoms with Crippen LogP contribution in [-0.4, -0.2) is 64.6 Å². The number of rotatable bonds is 5. The Bertz CT molecular complexity index is 1220. The fourth-order valence-corrected chi connectivity index (χ4v) is 5.56. The lowest BCUT2D eigenvalue weighted by atomic mass is 9.84. The van der Waals surface area contributed by atoms with Crippen LogP contribution in [0.1, 0.15) is 53.5 Å². The molecule has 2 aliphatic rings. The number of carbonyl (C=O) groups is 2. The number of ether oxygens (including phenoxy) is 1. The topological polar surface area (TPSA) is 70.1 Å². The first-order chi connectivity index (χ1) is 18.6. The summed E-state index contributed by atoms with van der Waals surface area (Å²) in [4.78, 5) is 28.3. The number of nitrogens with zero attached hydrogens (tertiary/aromatic N) is 2. The van der Waals surface area contributed by atoms with E-state index < -0.39 is 48.3 Å². The van der Waals surface area contributed by atoms with Crippen LogP contribution in [0.5, 0.6) is 0 Å². The van der Waals surface area contributed by atoms with E-state index in [0.717, 1.165) is 11.1 Å². The number of β-amino-alcohol motifs (C(OH)–C–C–N with tert-alkyl or cyclic N) is 1. The lowest BCUT2D eigenvalue weighted by Crippen LogP contribution is -2.53. The van der Waals surface area contributed by atoms with E-state index in [1.54, 1.807) is 0 Å². The van der Waals surface area contributed by atoms with Crippen LogP contribution in [0.3, 0.4) is 0 Å². The van der Waals surface area contributed by atoms with Crippen molar-refractivity contribution in [2.75, 3.05) is 19.6 Å². The van der Waals surface area contributed by atoms with E-state index in [-0.39, 0.29) is 48.9 Å². The number of aryl methyl sites for hydroxylation is 1. The molecule has 0 aliphatic carbocycles. The second-order valence-corrected chi connectivity index (χ2v) is 10.4. The van der Waals surface area contributed by atoms with Crippen LogP contribution < -0.4 is 0 Å². The quantitative estimate of drug-likeness (QED) is 0.517. The summed E-state index contributed by atoms with van der Waals surface area (Å²) >= 11 is 0. The number of hydrogen-bond donors (Lipinski definition) is 1. The van der Waals surface area contributed by atoms with Gasteiger partial charge < -0.3 is 19.6 Å². The summed E-state index contributed by atoms with van der Waals surface area (Å²) in [6.07, 6.45) is -11.1. The largest absolute Gasteiger partial charge is 0.416 e. The molecule has 40 heavy (non-hydrogen) atoms. The highest BCUT2D eigenvalue weighted by molar-refractivity contribution is 5.87. The van der Waals surface area contributed by atoms with Crippen molar-refractivity contribution in [3.05, 3.63) is 70.3 Å². The van der Waals surface area contributed by atoms with Gasteiger partial charge in [-0.3, -0.25) is 9.59 Å². The molecule has 0 aromatic heterocycles. The first kappa shape index (κ1) is 29.9. The van der Waals surface area contributed by atoms with Crippen molar-refractivity contribution >= 4 is 11.8 Å². The van der Waals surface area contributed by atoms with Crippen molar-refractivity contribution in [2.45, 2.75) is 69.8 Å². The van der Waals surface area contributed by atoms with Crippen LogP contribution in [0.25, 0.3) is 0 Å². The number of carbonyl (C=O) groups excluding carboxylic acids is 2. The third-order valence-corrected chi connectivity index (χ3v) is 7.54. The maximum Gasteiger partial charge on any atom is 0.416 e. The highest BCUT2D eigenvalue weighted by Crippen LogP contribution is 2.38. The molecule has 6 nitrogen and oxygen atoms in total. The van der Waals surface area contributed by atoms with Crippen LogP contribution in [0.4, 0.5) is 26.3 Å². The monoisotopic (exact) mass is 572 g/mol. The lowest BCUT2D eigenvalue weighted by Gasteiger charge is -2.40. The predicted molar refractivity (Wildman–Crippen MR) is 132 cm³/mol. The van der Waals surface area contributed by atoms with Gasteiger partial charge in [0.1, 0.15) is 6.04 Å². The van der Waals surface area contributed by atoms with E-state index in [0.29, 0.717) is 25.1 Å². The molecule has 1 unspecified atom stereocenters. The molecule has 2 saturated heterocycles. The van der Waals surface area contributed by atoms with Crippen molar-refractivity contribution in [3.63, 3.8) is 0 Å². The fourth-order valence-electron chi connectivity index (χ4n) is 5.56. The maximum absolute atomic E-state index is 13.4. The van der Waals surface area contributed by atoms with Gasteiger partial charge in [-0.1, -0.05) is 24.3 Å². The van der Waals surface area contributed by atoms with Gasteiger partial charge in [-0.15, -0.1) is 0 Å². The Morgan fingerprint density at radius 2 is 1.62 bits per heavy atom. The average Bonchev–Trinajstić information content (AvgIpc) is 3.28. The van der Waals surface area contributed by atoms with Crippen molar-refractivity contribution in [1.29, 1.82) is 0 Å². The van der Waals surface area contributed by atoms with Gasteiger partial charge in [0, 0.05) is 38.9 Å². The summed E-state index contributed by atoms with van der Waals surface area (Å²) in [5.41, 5.74) is -1.32. The smallest absolute Gasteiger partial charge is 0.391 e. The highest BCUT2D eigenvalue weighted by Gasteiger charge is 2.43. The molecule has 2 aromatic rings. The van der Waals surface area contributed by atoms with Crippen LogP contribution >= 0.6 is 0 Å². The van der Waals surface area contributed by atoms with Crippen LogP contribution in [0, 0.1) is 6.92 Å². The van der Waals surface area contributed by atoms with Gasteiger partial charge in [0.25, 0.3) is 0 Å². The number of halogens is 6. The number of hydrogen-bond acceptors (Lipinski definition) is 4. The van der Waals surface area contributed by atoms with Crippen molar-refractivity contribution in [1.82, 2.24) is 9.80 Å². The SMILES string of the molecule is CC(=O)N1C[C@H](O)CC1C(=O)N1CC[C@@H](c2ccccc2C)[C@@H](OCc2cc(C(F)(F)F)cc(C(F)(F)F)c2)C1. The Kier molecular flexibility index (Phi) is 8.51. The Morgan fingerprint density at radius 1 is 1.00 bits per heavy atom. The second-order valence-electron chi connectivity index (χ2n) is 10.4.